The van der Waals surface area contributed by atoms with E-state index in [-0.39, 0.29) is 118 Å². The molecular formula is C31H49Ac2NO10S. The quantitative estimate of drug-likeness (QED) is 0.0937. The van der Waals surface area contributed by atoms with Gasteiger partial charge in [0.1, 0.15) is 23.9 Å². The third-order valence-corrected chi connectivity index (χ3v) is 10.4. The predicted octanol–water partition coefficient (Wildman–Crippen LogP) is 1.85. The molecule has 0 aromatic heterocycles. The Hall–Kier alpha value is 0.923. The van der Waals surface area contributed by atoms with Gasteiger partial charge in [-0.15, -0.1) is 11.8 Å². The van der Waals surface area contributed by atoms with Crippen molar-refractivity contribution in [3.05, 3.63) is 23.5 Å². The molecule has 0 heterocycles. The van der Waals surface area contributed by atoms with E-state index >= 15 is 0 Å². The van der Waals surface area contributed by atoms with E-state index in [4.69, 9.17) is 15.6 Å². The third-order valence-electron chi connectivity index (χ3n) is 10.00. The van der Waals surface area contributed by atoms with E-state index in [2.05, 4.69) is 17.0 Å². The number of fused-ring (bicyclic) bond motifs is 3. The van der Waals surface area contributed by atoms with Gasteiger partial charge in [-0.1, -0.05) is 27.4 Å². The molecule has 11 nitrogen and oxygen atoms in total. The van der Waals surface area contributed by atoms with Gasteiger partial charge in [0.05, 0.1) is 35.4 Å². The van der Waals surface area contributed by atoms with E-state index in [1.807, 2.05) is 13.2 Å². The largest absolute Gasteiger partial charge is 0.492 e. The number of amides is 1. The molecule has 2 radical (unpaired) electrons. The zero-order chi connectivity index (χ0) is 33.5. The molecule has 4 unspecified atom stereocenters. The predicted molar refractivity (Wildman–Crippen MR) is 161 cm³/mol. The number of ether oxygens (including phenoxy) is 3. The normalized spacial score (nSPS) is 37.2. The van der Waals surface area contributed by atoms with Gasteiger partial charge in [-0.3, -0.25) is 9.59 Å². The van der Waals surface area contributed by atoms with Crippen molar-refractivity contribution in [3.8, 4) is 0 Å². The molecule has 2 saturated carbocycles. The average molecular weight is 1080 g/mol. The van der Waals surface area contributed by atoms with Crippen LogP contribution in [0.4, 0.5) is 0 Å². The van der Waals surface area contributed by atoms with Crippen LogP contribution in [0.1, 0.15) is 68.2 Å². The monoisotopic (exact) mass is 1080 g/mol. The summed E-state index contributed by atoms with van der Waals surface area (Å²) in [5, 5.41) is 43.7. The third kappa shape index (κ3) is 8.13. The Morgan fingerprint density at radius 2 is 1.80 bits per heavy atom. The van der Waals surface area contributed by atoms with E-state index in [0.717, 1.165) is 0 Å². The Morgan fingerprint density at radius 3 is 2.31 bits per heavy atom. The molecular weight excluding hydrogens is 1030 g/mol. The number of aliphatic hydroxyl groups excluding tert-OH is 3. The molecule has 45 heavy (non-hydrogen) atoms. The second-order valence-electron chi connectivity index (χ2n) is 13.3. The van der Waals surface area contributed by atoms with E-state index in [1.165, 1.54) is 25.6 Å². The number of allylic oxidation sites excluding steroid dienone is 1. The van der Waals surface area contributed by atoms with Gasteiger partial charge >= 0.3 is 5.97 Å². The van der Waals surface area contributed by atoms with Crippen LogP contribution in [0.5, 0.6) is 0 Å². The van der Waals surface area contributed by atoms with Crippen LogP contribution in [-0.2, 0) is 28.6 Å². The molecule has 3 rings (SSSR count). The molecule has 3 aliphatic rings. The number of nitrogens with one attached hydrogen (secondary N) is 1. The van der Waals surface area contributed by atoms with Gasteiger partial charge in [0.2, 0.25) is 7.34 Å². The summed E-state index contributed by atoms with van der Waals surface area (Å²) in [4.78, 5) is 39.5. The van der Waals surface area contributed by atoms with Crippen molar-refractivity contribution in [3.63, 3.8) is 0 Å². The van der Waals surface area contributed by atoms with Gasteiger partial charge in [0.15, 0.2) is 11.9 Å². The molecule has 0 aromatic rings. The Labute approximate surface area is 344 Å². The molecule has 11 atom stereocenters. The molecule has 1 amide bonds. The van der Waals surface area contributed by atoms with Crippen molar-refractivity contribution in [2.45, 2.75) is 116 Å². The standard InChI is InChI=1S/C31H49NO10S.2Ac/c1-14(2)41-27-22-23(34)15(3)11-20(40-13-43-10)30(22,9)26(37)25(36)21-16(4)19(12-31(27,39)29(21,7)8)42-28(38)24(35)17(5)32-18(6)33;;/h15,17,19-20,22-25,27,34-36,39H,1,11-13H2,2-10H3,(H,32,33);;/t15?,17?,19?,20?,22-,23-,24+,25+,27-,30+,31+;;/m0../s1/i35T;;. The van der Waals surface area contributed by atoms with E-state index in [1.54, 1.807) is 34.6 Å². The fraction of sp³-hybridized carbons (Fsp3) is 0.774. The maximum Gasteiger partial charge on any atom is 0.337 e. The van der Waals surface area contributed by atoms with Crippen molar-refractivity contribution in [1.82, 2.24) is 5.32 Å². The van der Waals surface area contributed by atoms with Crippen LogP contribution in [0.2, 0.25) is 0 Å². The van der Waals surface area contributed by atoms with Crippen LogP contribution in [0, 0.1) is 111 Å². The Balaban J connectivity index is 0.00000529. The zero-order valence-electron chi connectivity index (χ0n) is 28.8. The van der Waals surface area contributed by atoms with Gasteiger partial charge in [0.25, 0.3) is 0 Å². The van der Waals surface area contributed by atoms with Crippen molar-refractivity contribution in [2.24, 2.45) is 22.7 Å². The summed E-state index contributed by atoms with van der Waals surface area (Å²) in [6, 6.07) is -0.913. The smallest absolute Gasteiger partial charge is 0.337 e. The number of ketones is 1. The number of hydrogen-bond acceptors (Lipinski definition) is 11. The minimum atomic E-state index is -1.93. The van der Waals surface area contributed by atoms with Gasteiger partial charge < -0.3 is 40.0 Å². The van der Waals surface area contributed by atoms with Gasteiger partial charge in [-0.25, -0.2) is 4.79 Å². The molecule has 0 spiro atoms. The van der Waals surface area contributed by atoms with Gasteiger partial charge in [0, 0.05) is 113 Å². The second kappa shape index (κ2) is 16.8. The van der Waals surface area contributed by atoms with Crippen molar-refractivity contribution in [1.29, 1.82) is 1.43 Å². The van der Waals surface area contributed by atoms with Crippen LogP contribution < -0.4 is 5.32 Å². The number of carbonyl (C=O) groups is 3. The first-order chi connectivity index (χ1) is 20.3. The van der Waals surface area contributed by atoms with E-state index in [0.29, 0.717) is 12.0 Å². The molecule has 5 N–H and O–H groups in total. The number of rotatable bonds is 10. The first kappa shape index (κ1) is 42.1. The zero-order valence-corrected chi connectivity index (χ0v) is 38.1. The van der Waals surface area contributed by atoms with Crippen LogP contribution in [0.15, 0.2) is 23.5 Å². The Morgan fingerprint density at radius 1 is 1.20 bits per heavy atom. The summed E-state index contributed by atoms with van der Waals surface area (Å²) in [7, 11) is 0. The molecule has 2 bridgehead atoms. The molecule has 3 aliphatic carbocycles. The van der Waals surface area contributed by atoms with E-state index < -0.39 is 82.7 Å². The maximum atomic E-state index is 14.6. The average Bonchev–Trinajstić information content (AvgIpc) is 2.91. The van der Waals surface area contributed by atoms with Gasteiger partial charge in [-0.05, 0) is 57.4 Å². The number of esters is 1. The number of aliphatic hydroxyl groups is 4. The van der Waals surface area contributed by atoms with Crippen molar-refractivity contribution >= 4 is 29.4 Å². The maximum absolute atomic E-state index is 14.6. The van der Waals surface area contributed by atoms with Crippen molar-refractivity contribution < 1.29 is 137 Å². The number of hydrogen-bond donors (Lipinski definition) is 5. The van der Waals surface area contributed by atoms with Crippen LogP contribution >= 0.6 is 11.8 Å². The number of thioether (sulfide) groups is 1. The summed E-state index contributed by atoms with van der Waals surface area (Å²) in [5.41, 5.74) is -4.21. The van der Waals surface area contributed by atoms with E-state index in [9.17, 15) is 29.7 Å². The molecule has 14 heteroatoms. The first-order valence-electron chi connectivity index (χ1n) is 15.1. The molecule has 0 aliphatic heterocycles. The topological polar surface area (TPSA) is 172 Å². The second-order valence-corrected chi connectivity index (χ2v) is 14.1. The fourth-order valence-electron chi connectivity index (χ4n) is 7.52. The minimum absolute atomic E-state index is 0. The summed E-state index contributed by atoms with van der Waals surface area (Å²) in [6.45, 7) is 16.7. The molecule has 0 saturated heterocycles. The molecule has 2 fully saturated rings. The minimum Gasteiger partial charge on any atom is -0.492 e. The molecule has 0 aromatic carbocycles. The first-order valence-corrected chi connectivity index (χ1v) is 16.1. The number of carbonyl (C=O) groups excluding carboxylic acids is 3. The Bertz CT molecular complexity index is 1190. The molecule has 250 valence electrons. The van der Waals surface area contributed by atoms with Crippen molar-refractivity contribution in [2.75, 3.05) is 12.2 Å². The van der Waals surface area contributed by atoms with Crippen LogP contribution in [0.3, 0.4) is 0 Å². The van der Waals surface area contributed by atoms with Crippen LogP contribution in [0.25, 0.3) is 0 Å². The fourth-order valence-corrected chi connectivity index (χ4v) is 7.82. The van der Waals surface area contributed by atoms with Crippen LogP contribution in [-0.4, -0.2) is 100.0 Å². The Kier molecular flexibility index (Phi) is 15.7. The summed E-state index contributed by atoms with van der Waals surface area (Å²) >= 11 is 1.43. The van der Waals surface area contributed by atoms with Gasteiger partial charge in [-0.2, -0.15) is 0 Å². The summed E-state index contributed by atoms with van der Waals surface area (Å²) < 4.78 is 25.8. The number of Topliss-reactive ketones (excluding diaryl/α,β-unsaturated/α-hetero) is 1. The SMILES string of the molecule is [3H]O[C@@H](C(=O)OC1C[C@@]2(O)[C@@H](OC(=C)C)[C@@H]3[C@@H](O)C(C)CC(OCSC)[C@@]3(C)C(=O)[C@H](O)C(=C1C)C2(C)C)C(C)NC(C)=O.[Ac].[Ac]. The summed E-state index contributed by atoms with van der Waals surface area (Å²) in [5.74, 6) is -2.92. The summed E-state index contributed by atoms with van der Waals surface area (Å²) in [6.07, 6.45) is -5.54.